The Morgan fingerprint density at radius 3 is 0.590 bits per heavy atom. The van der Waals surface area contributed by atoms with E-state index in [0.717, 1.165) is 52.1 Å². The molecule has 0 radical (unpaired) electrons. The SMILES string of the molecule is CC(C)=CCCCCCCCCCOCC(COCCCCCCCCCC=C(C)C)(COCCCCCCCCCC=C(C)C)COCCCCCCCCCC=C(C)C. The van der Waals surface area contributed by atoms with Crippen molar-refractivity contribution < 1.29 is 18.9 Å². The quantitative estimate of drug-likeness (QED) is 0.0451. The Labute approximate surface area is 383 Å². The molecule has 0 saturated heterocycles. The number of unbranched alkanes of at least 4 members (excludes halogenated alkanes) is 28. The minimum absolute atomic E-state index is 0.257. The summed E-state index contributed by atoms with van der Waals surface area (Å²) in [6.45, 7) is 23.5. The molecule has 0 spiro atoms. The molecule has 360 valence electrons. The third kappa shape index (κ3) is 48.1. The summed E-state index contributed by atoms with van der Waals surface area (Å²) in [5.74, 6) is 0. The van der Waals surface area contributed by atoms with Crippen LogP contribution in [-0.4, -0.2) is 52.9 Å². The van der Waals surface area contributed by atoms with Crippen molar-refractivity contribution in [2.45, 2.75) is 261 Å². The average molecular weight is 857 g/mol. The van der Waals surface area contributed by atoms with Gasteiger partial charge in [-0.15, -0.1) is 0 Å². The fourth-order valence-corrected chi connectivity index (χ4v) is 7.90. The van der Waals surface area contributed by atoms with Gasteiger partial charge < -0.3 is 18.9 Å². The molecule has 0 rings (SSSR count). The third-order valence-electron chi connectivity index (χ3n) is 11.8. The van der Waals surface area contributed by atoms with E-state index in [1.54, 1.807) is 0 Å². The summed E-state index contributed by atoms with van der Waals surface area (Å²) in [5, 5.41) is 0. The maximum Gasteiger partial charge on any atom is 0.0637 e. The standard InChI is InChI=1S/C57H108O4/c1-53(2)41-33-25-17-9-13-21-29-37-45-58-49-57(50-59-46-38-30-22-14-10-18-26-34-42-54(3)4,51-60-47-39-31-23-15-11-19-27-35-43-55(5)6)52-61-48-40-32-24-16-12-20-28-36-44-56(7)8/h41-44H,9-40,45-52H2,1-8H3. The maximum atomic E-state index is 6.51. The lowest BCUT2D eigenvalue weighted by molar-refractivity contribution is -0.108. The van der Waals surface area contributed by atoms with E-state index in [4.69, 9.17) is 18.9 Å². The van der Waals surface area contributed by atoms with Crippen molar-refractivity contribution in [3.63, 3.8) is 0 Å². The van der Waals surface area contributed by atoms with Crippen LogP contribution in [0.3, 0.4) is 0 Å². The van der Waals surface area contributed by atoms with Gasteiger partial charge in [0.2, 0.25) is 0 Å². The second-order valence-corrected chi connectivity index (χ2v) is 19.9. The van der Waals surface area contributed by atoms with Crippen molar-refractivity contribution in [1.82, 2.24) is 0 Å². The molecule has 0 N–H and O–H groups in total. The topological polar surface area (TPSA) is 36.9 Å². The van der Waals surface area contributed by atoms with Gasteiger partial charge in [-0.05, 0) is 132 Å². The highest BCUT2D eigenvalue weighted by molar-refractivity contribution is 4.94. The Morgan fingerprint density at radius 1 is 0.246 bits per heavy atom. The van der Waals surface area contributed by atoms with Crippen molar-refractivity contribution in [1.29, 1.82) is 0 Å². The molecule has 0 aromatic rings. The van der Waals surface area contributed by atoms with Gasteiger partial charge in [0, 0.05) is 26.4 Å². The number of allylic oxidation sites excluding steroid dienone is 8. The summed E-state index contributed by atoms with van der Waals surface area (Å²) in [5.41, 5.74) is 5.53. The predicted molar refractivity (Wildman–Crippen MR) is 271 cm³/mol. The van der Waals surface area contributed by atoms with Crippen molar-refractivity contribution in [3.8, 4) is 0 Å². The molecule has 0 aromatic heterocycles. The number of rotatable bonds is 48. The van der Waals surface area contributed by atoms with Gasteiger partial charge >= 0.3 is 0 Å². The van der Waals surface area contributed by atoms with Crippen molar-refractivity contribution in [2.24, 2.45) is 5.41 Å². The Bertz CT molecular complexity index is 856. The smallest absolute Gasteiger partial charge is 0.0637 e. The summed E-state index contributed by atoms with van der Waals surface area (Å²) in [7, 11) is 0. The molecule has 0 heterocycles. The first-order chi connectivity index (χ1) is 29.7. The first-order valence-electron chi connectivity index (χ1n) is 26.5. The normalized spacial score (nSPS) is 11.5. The molecule has 0 amide bonds. The fraction of sp³-hybridized carbons (Fsp3) is 0.860. The minimum Gasteiger partial charge on any atom is -0.381 e. The van der Waals surface area contributed by atoms with Gasteiger partial charge in [0.15, 0.2) is 0 Å². The van der Waals surface area contributed by atoms with E-state index >= 15 is 0 Å². The summed E-state index contributed by atoms with van der Waals surface area (Å²) in [6.07, 6.45) is 50.8. The lowest BCUT2D eigenvalue weighted by Gasteiger charge is -2.33. The number of hydrogen-bond donors (Lipinski definition) is 0. The van der Waals surface area contributed by atoms with Crippen LogP contribution in [0.1, 0.15) is 261 Å². The molecule has 0 aliphatic rings. The molecule has 0 aromatic carbocycles. The molecule has 0 aliphatic carbocycles. The first-order valence-corrected chi connectivity index (χ1v) is 26.5. The van der Waals surface area contributed by atoms with E-state index in [1.807, 2.05) is 0 Å². The van der Waals surface area contributed by atoms with Gasteiger partial charge in [-0.25, -0.2) is 0 Å². The lowest BCUT2D eigenvalue weighted by atomic mass is 9.92. The summed E-state index contributed by atoms with van der Waals surface area (Å²) >= 11 is 0. The van der Waals surface area contributed by atoms with Crippen molar-refractivity contribution >= 4 is 0 Å². The zero-order valence-electron chi connectivity index (χ0n) is 42.7. The zero-order chi connectivity index (χ0) is 44.8. The van der Waals surface area contributed by atoms with Crippen LogP contribution in [0.5, 0.6) is 0 Å². The highest BCUT2D eigenvalue weighted by Crippen LogP contribution is 2.23. The molecule has 0 fully saturated rings. The van der Waals surface area contributed by atoms with Crippen LogP contribution in [0.15, 0.2) is 46.6 Å². The number of hydrogen-bond acceptors (Lipinski definition) is 4. The molecule has 4 nitrogen and oxygen atoms in total. The van der Waals surface area contributed by atoms with E-state index in [9.17, 15) is 0 Å². The molecule has 0 saturated carbocycles. The van der Waals surface area contributed by atoms with E-state index in [-0.39, 0.29) is 5.41 Å². The lowest BCUT2D eigenvalue weighted by Crippen LogP contribution is -2.42. The molecule has 4 heteroatoms. The molecule has 0 unspecified atom stereocenters. The van der Waals surface area contributed by atoms with Gasteiger partial charge in [0.05, 0.1) is 31.8 Å². The van der Waals surface area contributed by atoms with Gasteiger partial charge in [0.25, 0.3) is 0 Å². The summed E-state index contributed by atoms with van der Waals surface area (Å²) in [6, 6.07) is 0. The number of ether oxygens (including phenoxy) is 4. The Morgan fingerprint density at radius 2 is 0.410 bits per heavy atom. The average Bonchev–Trinajstić information content (AvgIpc) is 3.21. The molecule has 0 bridgehead atoms. The fourth-order valence-electron chi connectivity index (χ4n) is 7.90. The van der Waals surface area contributed by atoms with E-state index < -0.39 is 0 Å². The Hall–Kier alpha value is -1.20. The van der Waals surface area contributed by atoms with Gasteiger partial charge in [0.1, 0.15) is 0 Å². The third-order valence-corrected chi connectivity index (χ3v) is 11.8. The highest BCUT2D eigenvalue weighted by atomic mass is 16.5. The Balaban J connectivity index is 5.02. The summed E-state index contributed by atoms with van der Waals surface area (Å²) < 4.78 is 26.1. The van der Waals surface area contributed by atoms with E-state index in [1.165, 1.54) is 202 Å². The van der Waals surface area contributed by atoms with E-state index in [2.05, 4.69) is 79.7 Å². The summed E-state index contributed by atoms with van der Waals surface area (Å²) in [4.78, 5) is 0. The Kier molecular flexibility index (Phi) is 45.9. The molecule has 61 heavy (non-hydrogen) atoms. The first kappa shape index (κ1) is 59.8. The van der Waals surface area contributed by atoms with Crippen LogP contribution >= 0.6 is 0 Å². The van der Waals surface area contributed by atoms with Gasteiger partial charge in [-0.3, -0.25) is 0 Å². The van der Waals surface area contributed by atoms with Crippen LogP contribution < -0.4 is 0 Å². The van der Waals surface area contributed by atoms with Crippen LogP contribution in [0.25, 0.3) is 0 Å². The molecule has 0 aliphatic heterocycles. The largest absolute Gasteiger partial charge is 0.381 e. The predicted octanol–water partition coefficient (Wildman–Crippen LogP) is 18.4. The maximum absolute atomic E-state index is 6.51. The zero-order valence-corrected chi connectivity index (χ0v) is 42.7. The van der Waals surface area contributed by atoms with Crippen LogP contribution in [-0.2, 0) is 18.9 Å². The highest BCUT2D eigenvalue weighted by Gasteiger charge is 2.32. The van der Waals surface area contributed by atoms with Crippen LogP contribution in [0.2, 0.25) is 0 Å². The van der Waals surface area contributed by atoms with Gasteiger partial charge in [-0.2, -0.15) is 0 Å². The minimum atomic E-state index is -0.257. The van der Waals surface area contributed by atoms with Crippen molar-refractivity contribution in [3.05, 3.63) is 46.6 Å². The van der Waals surface area contributed by atoms with Crippen LogP contribution in [0.4, 0.5) is 0 Å². The van der Waals surface area contributed by atoms with Gasteiger partial charge in [-0.1, -0.05) is 175 Å². The van der Waals surface area contributed by atoms with Crippen molar-refractivity contribution in [2.75, 3.05) is 52.9 Å². The molecular formula is C57H108O4. The molecular weight excluding hydrogens is 749 g/mol. The molecule has 0 atom stereocenters. The monoisotopic (exact) mass is 857 g/mol. The second kappa shape index (κ2) is 46.8. The second-order valence-electron chi connectivity index (χ2n) is 19.9. The van der Waals surface area contributed by atoms with E-state index in [0.29, 0.717) is 26.4 Å². The van der Waals surface area contributed by atoms with Crippen LogP contribution in [0, 0.1) is 5.41 Å².